The SMILES string of the molecule is CC(=O)c1cccc(C=C(CNC(=O)OC(C)(C)C)B2OC(C)(C)C(C)(C)O2)c1F. The minimum atomic E-state index is -0.801. The highest BCUT2D eigenvalue weighted by Crippen LogP contribution is 2.38. The number of carbonyl (C=O) groups is 2. The molecule has 1 N–H and O–H groups in total. The lowest BCUT2D eigenvalue weighted by Gasteiger charge is -2.32. The first-order chi connectivity index (χ1) is 13.6. The van der Waals surface area contributed by atoms with Gasteiger partial charge in [-0.2, -0.15) is 0 Å². The molecule has 1 aromatic carbocycles. The molecule has 0 saturated carbocycles. The maximum absolute atomic E-state index is 14.8. The van der Waals surface area contributed by atoms with Crippen molar-refractivity contribution in [3.63, 3.8) is 0 Å². The molecule has 0 unspecified atom stereocenters. The van der Waals surface area contributed by atoms with Crippen LogP contribution in [0, 0.1) is 5.82 Å². The van der Waals surface area contributed by atoms with Gasteiger partial charge in [-0.3, -0.25) is 4.79 Å². The van der Waals surface area contributed by atoms with Crippen LogP contribution in [0.1, 0.15) is 71.3 Å². The zero-order valence-electron chi connectivity index (χ0n) is 19.0. The Kier molecular flexibility index (Phi) is 6.84. The van der Waals surface area contributed by atoms with Crippen LogP contribution in [0.25, 0.3) is 6.08 Å². The average Bonchev–Trinajstić information content (AvgIpc) is 2.78. The van der Waals surface area contributed by atoms with Gasteiger partial charge in [0, 0.05) is 12.1 Å². The van der Waals surface area contributed by atoms with Gasteiger partial charge in [0.25, 0.3) is 0 Å². The van der Waals surface area contributed by atoms with Crippen molar-refractivity contribution < 1.29 is 28.0 Å². The summed E-state index contributed by atoms with van der Waals surface area (Å²) in [5.41, 5.74) is -1.17. The van der Waals surface area contributed by atoms with Crippen LogP contribution in [0.3, 0.4) is 0 Å². The summed E-state index contributed by atoms with van der Waals surface area (Å²) < 4.78 is 32.3. The Morgan fingerprint density at radius 1 is 1.17 bits per heavy atom. The third-order valence-corrected chi connectivity index (χ3v) is 5.14. The molecule has 164 valence electrons. The highest BCUT2D eigenvalue weighted by molar-refractivity contribution is 6.56. The van der Waals surface area contributed by atoms with E-state index in [9.17, 15) is 14.0 Å². The number of benzene rings is 1. The number of rotatable bonds is 5. The van der Waals surface area contributed by atoms with Crippen LogP contribution in [0.15, 0.2) is 23.7 Å². The second kappa shape index (κ2) is 8.51. The van der Waals surface area contributed by atoms with Crippen LogP contribution in [-0.4, -0.2) is 42.3 Å². The molecule has 1 aromatic rings. The molecule has 1 aliphatic heterocycles. The van der Waals surface area contributed by atoms with Crippen LogP contribution >= 0.6 is 0 Å². The number of carbonyl (C=O) groups excluding carboxylic acids is 2. The predicted octanol–water partition coefficient (Wildman–Crippen LogP) is 4.57. The maximum atomic E-state index is 14.8. The van der Waals surface area contributed by atoms with E-state index >= 15 is 0 Å². The molecule has 1 fully saturated rings. The van der Waals surface area contributed by atoms with Crippen LogP contribution in [0.4, 0.5) is 9.18 Å². The van der Waals surface area contributed by atoms with Crippen LogP contribution < -0.4 is 5.32 Å². The summed E-state index contributed by atoms with van der Waals surface area (Å²) in [6.07, 6.45) is 0.934. The van der Waals surface area contributed by atoms with E-state index in [4.69, 9.17) is 14.0 Å². The fourth-order valence-corrected chi connectivity index (χ4v) is 2.82. The van der Waals surface area contributed by atoms with Crippen molar-refractivity contribution >= 4 is 25.1 Å². The zero-order valence-corrected chi connectivity index (χ0v) is 19.0. The van der Waals surface area contributed by atoms with Crippen LogP contribution in [0.2, 0.25) is 0 Å². The lowest BCUT2D eigenvalue weighted by atomic mass is 9.76. The fourth-order valence-electron chi connectivity index (χ4n) is 2.82. The smallest absolute Gasteiger partial charge is 0.444 e. The molecule has 8 heteroatoms. The molecular formula is C22H31BFNO5. The predicted molar refractivity (Wildman–Crippen MR) is 115 cm³/mol. The van der Waals surface area contributed by atoms with Crippen molar-refractivity contribution in [1.29, 1.82) is 0 Å². The highest BCUT2D eigenvalue weighted by atomic mass is 19.1. The molecule has 1 saturated heterocycles. The summed E-state index contributed by atoms with van der Waals surface area (Å²) >= 11 is 0. The molecule has 0 radical (unpaired) electrons. The molecule has 1 heterocycles. The van der Waals surface area contributed by atoms with Crippen molar-refractivity contribution in [2.75, 3.05) is 6.54 Å². The molecular weight excluding hydrogens is 388 g/mol. The normalized spacial score (nSPS) is 18.3. The van der Waals surface area contributed by atoms with E-state index in [0.29, 0.717) is 5.47 Å². The topological polar surface area (TPSA) is 73.9 Å². The van der Waals surface area contributed by atoms with E-state index in [1.54, 1.807) is 39.0 Å². The third kappa shape index (κ3) is 5.70. The Hall–Kier alpha value is -2.19. The number of ether oxygens (including phenoxy) is 1. The third-order valence-electron chi connectivity index (χ3n) is 5.14. The van der Waals surface area contributed by atoms with E-state index in [2.05, 4.69) is 5.32 Å². The first-order valence-electron chi connectivity index (χ1n) is 9.95. The van der Waals surface area contributed by atoms with Gasteiger partial charge in [-0.15, -0.1) is 0 Å². The number of hydrogen-bond acceptors (Lipinski definition) is 5. The molecule has 30 heavy (non-hydrogen) atoms. The maximum Gasteiger partial charge on any atom is 0.492 e. The van der Waals surface area contributed by atoms with Crippen molar-refractivity contribution in [2.24, 2.45) is 0 Å². The molecule has 2 rings (SSSR count). The second-order valence-corrected chi connectivity index (χ2v) is 9.43. The second-order valence-electron chi connectivity index (χ2n) is 9.43. The molecule has 0 atom stereocenters. The van der Waals surface area contributed by atoms with Crippen molar-refractivity contribution in [1.82, 2.24) is 5.32 Å². The molecule has 0 bridgehead atoms. The summed E-state index contributed by atoms with van der Waals surface area (Å²) in [6.45, 7) is 14.2. The standard InChI is InChI=1S/C22H31BFNO5/c1-14(26)17-11-9-10-15(18(17)24)12-16(13-25-19(27)28-20(2,3)4)23-29-21(5,6)22(7,8)30-23/h9-12H,13H2,1-8H3,(H,25,27). The van der Waals surface area contributed by atoms with Gasteiger partial charge >= 0.3 is 13.2 Å². The van der Waals surface area contributed by atoms with E-state index in [-0.39, 0.29) is 23.5 Å². The van der Waals surface area contributed by atoms with Gasteiger partial charge < -0.3 is 19.4 Å². The van der Waals surface area contributed by atoms with Gasteiger partial charge in [0.15, 0.2) is 5.78 Å². The first-order valence-corrected chi connectivity index (χ1v) is 9.95. The van der Waals surface area contributed by atoms with E-state index in [0.717, 1.165) is 0 Å². The summed E-state index contributed by atoms with van der Waals surface area (Å²) in [5.74, 6) is -0.997. The van der Waals surface area contributed by atoms with Gasteiger partial charge in [-0.25, -0.2) is 9.18 Å². The Balaban J connectivity index is 2.37. The highest BCUT2D eigenvalue weighted by Gasteiger charge is 2.52. The molecule has 6 nitrogen and oxygen atoms in total. The lowest BCUT2D eigenvalue weighted by Crippen LogP contribution is -2.41. The summed E-state index contributed by atoms with van der Waals surface area (Å²) in [6, 6.07) is 4.59. The molecule has 0 spiro atoms. The largest absolute Gasteiger partial charge is 0.492 e. The molecule has 1 amide bonds. The fraction of sp³-hybridized carbons (Fsp3) is 0.545. The van der Waals surface area contributed by atoms with Crippen LogP contribution in [-0.2, 0) is 14.0 Å². The lowest BCUT2D eigenvalue weighted by molar-refractivity contribution is 0.00578. The van der Waals surface area contributed by atoms with Gasteiger partial charge in [-0.1, -0.05) is 18.2 Å². The Bertz CT molecular complexity index is 842. The quantitative estimate of drug-likeness (QED) is 0.559. The number of halogens is 1. The minimum Gasteiger partial charge on any atom is -0.444 e. The Morgan fingerprint density at radius 3 is 2.23 bits per heavy atom. The van der Waals surface area contributed by atoms with Gasteiger partial charge in [0.2, 0.25) is 0 Å². The molecule has 1 aliphatic rings. The average molecular weight is 419 g/mol. The summed E-state index contributed by atoms with van der Waals surface area (Å²) in [5, 5.41) is 2.67. The minimum absolute atomic E-state index is 0.00267. The first kappa shape index (κ1) is 24.1. The van der Waals surface area contributed by atoms with Crippen molar-refractivity contribution in [2.45, 2.75) is 72.2 Å². The monoisotopic (exact) mass is 419 g/mol. The van der Waals surface area contributed by atoms with E-state index in [1.807, 2.05) is 27.7 Å². The Morgan fingerprint density at radius 2 is 1.73 bits per heavy atom. The number of ketones is 1. The van der Waals surface area contributed by atoms with Crippen LogP contribution in [0.5, 0.6) is 0 Å². The van der Waals surface area contributed by atoms with Gasteiger partial charge in [0.1, 0.15) is 11.4 Å². The van der Waals surface area contributed by atoms with E-state index < -0.39 is 35.8 Å². The number of hydrogen-bond donors (Lipinski definition) is 1. The van der Waals surface area contributed by atoms with E-state index in [1.165, 1.54) is 13.0 Å². The molecule has 0 aliphatic carbocycles. The number of amides is 1. The number of nitrogens with one attached hydrogen (secondary N) is 1. The number of Topliss-reactive ketones (excluding diaryl/α,β-unsaturated/α-hetero) is 1. The van der Waals surface area contributed by atoms with Gasteiger partial charge in [-0.05, 0) is 66.9 Å². The van der Waals surface area contributed by atoms with Crippen molar-refractivity contribution in [3.8, 4) is 0 Å². The van der Waals surface area contributed by atoms with Crippen molar-refractivity contribution in [3.05, 3.63) is 40.6 Å². The summed E-state index contributed by atoms with van der Waals surface area (Å²) in [7, 11) is -0.801. The summed E-state index contributed by atoms with van der Waals surface area (Å²) in [4.78, 5) is 23.8. The van der Waals surface area contributed by atoms with Gasteiger partial charge in [0.05, 0.1) is 16.8 Å². The molecule has 0 aromatic heterocycles. The zero-order chi connectivity index (χ0) is 22.9. The Labute approximate surface area is 178 Å². The number of alkyl carbamates (subject to hydrolysis) is 1.